The van der Waals surface area contributed by atoms with E-state index in [9.17, 15) is 0 Å². The first-order chi connectivity index (χ1) is 6.77. The lowest BCUT2D eigenvalue weighted by Crippen LogP contribution is -1.82. The van der Waals surface area contributed by atoms with Gasteiger partial charge in [-0.2, -0.15) is 0 Å². The van der Waals surface area contributed by atoms with Crippen LogP contribution in [0.15, 0.2) is 10.2 Å². The van der Waals surface area contributed by atoms with E-state index in [0.29, 0.717) is 0 Å². The smallest absolute Gasteiger partial charge is 0.112 e. The molecule has 0 radical (unpaired) electrons. The Balaban J connectivity index is 2.23. The summed E-state index contributed by atoms with van der Waals surface area (Å²) in [5.74, 6) is -0.0160. The molecule has 0 atom stereocenters. The van der Waals surface area contributed by atoms with E-state index in [0.717, 1.165) is 8.40 Å². The highest BCUT2D eigenvalue weighted by atomic mass is 35.5. The van der Waals surface area contributed by atoms with Gasteiger partial charge in [0, 0.05) is 23.6 Å². The third-order valence-electron chi connectivity index (χ3n) is 1.06. The molecule has 0 bridgehead atoms. The molecular weight excluding hydrogens is 235 g/mol. The lowest BCUT2D eigenvalue weighted by molar-refractivity contribution is 0.843. The molecule has 2 aromatic rings. The predicted molar refractivity (Wildman–Crippen MR) is 42.3 cm³/mol. The number of hydrogen-bond acceptors (Lipinski definition) is 8. The number of halogens is 2. The SMILES string of the molecule is Cln1nnnc1N=Nc1nnnn1Cl. The molecule has 10 nitrogen and oxygen atoms in total. The Morgan fingerprint density at radius 3 is 1.57 bits per heavy atom. The molecule has 0 aliphatic heterocycles. The summed E-state index contributed by atoms with van der Waals surface area (Å²) < 4.78 is 1.62. The van der Waals surface area contributed by atoms with Gasteiger partial charge in [-0.05, 0) is 20.9 Å². The summed E-state index contributed by atoms with van der Waals surface area (Å²) in [6.07, 6.45) is 0. The van der Waals surface area contributed by atoms with Crippen LogP contribution in [0.25, 0.3) is 0 Å². The van der Waals surface area contributed by atoms with E-state index in [-0.39, 0.29) is 11.9 Å². The van der Waals surface area contributed by atoms with E-state index in [1.54, 1.807) is 0 Å². The van der Waals surface area contributed by atoms with Crippen LogP contribution in [0.3, 0.4) is 0 Å². The van der Waals surface area contributed by atoms with Gasteiger partial charge in [-0.15, -0.1) is 18.6 Å². The Labute approximate surface area is 85.7 Å². The zero-order chi connectivity index (χ0) is 9.97. The van der Waals surface area contributed by atoms with Crippen molar-refractivity contribution in [3.8, 4) is 0 Å². The van der Waals surface area contributed by atoms with Gasteiger partial charge in [-0.3, -0.25) is 0 Å². The molecule has 0 unspecified atom stereocenters. The average Bonchev–Trinajstić information content (AvgIpc) is 2.72. The monoisotopic (exact) mass is 234 g/mol. The van der Waals surface area contributed by atoms with Crippen molar-refractivity contribution in [2.45, 2.75) is 0 Å². The van der Waals surface area contributed by atoms with Crippen molar-refractivity contribution >= 4 is 35.5 Å². The van der Waals surface area contributed by atoms with Crippen molar-refractivity contribution in [2.24, 2.45) is 10.2 Å². The van der Waals surface area contributed by atoms with E-state index >= 15 is 0 Å². The van der Waals surface area contributed by atoms with Crippen molar-refractivity contribution in [1.29, 1.82) is 0 Å². The summed E-state index contributed by atoms with van der Waals surface area (Å²) in [4.78, 5) is 0. The highest BCUT2D eigenvalue weighted by Crippen LogP contribution is 2.12. The van der Waals surface area contributed by atoms with Crippen molar-refractivity contribution in [1.82, 2.24) is 39.5 Å². The molecule has 2 aromatic heterocycles. The summed E-state index contributed by atoms with van der Waals surface area (Å²) in [6.45, 7) is 0. The van der Waals surface area contributed by atoms with E-state index in [1.807, 2.05) is 0 Å². The van der Waals surface area contributed by atoms with Crippen LogP contribution >= 0.6 is 23.6 Å². The third-order valence-corrected chi connectivity index (χ3v) is 1.50. The van der Waals surface area contributed by atoms with Crippen LogP contribution in [0.2, 0.25) is 0 Å². The minimum absolute atomic E-state index is 0.00802. The highest BCUT2D eigenvalue weighted by molar-refractivity contribution is 6.16. The molecule has 14 heavy (non-hydrogen) atoms. The van der Waals surface area contributed by atoms with Crippen LogP contribution < -0.4 is 0 Å². The van der Waals surface area contributed by atoms with Crippen LogP contribution in [0.1, 0.15) is 0 Å². The van der Waals surface area contributed by atoms with E-state index in [1.165, 1.54) is 0 Å². The molecule has 2 rings (SSSR count). The highest BCUT2D eigenvalue weighted by Gasteiger charge is 2.04. The van der Waals surface area contributed by atoms with Gasteiger partial charge in [0.2, 0.25) is 0 Å². The fourth-order valence-electron chi connectivity index (χ4n) is 0.547. The first kappa shape index (κ1) is 8.90. The van der Waals surface area contributed by atoms with Crippen LogP contribution in [-0.2, 0) is 0 Å². The molecule has 0 aliphatic carbocycles. The molecule has 72 valence electrons. The Morgan fingerprint density at radius 2 is 1.29 bits per heavy atom. The molecule has 0 N–H and O–H groups in total. The summed E-state index contributed by atoms with van der Waals surface area (Å²) in [5, 5.41) is 27.0. The Kier molecular flexibility index (Phi) is 2.28. The summed E-state index contributed by atoms with van der Waals surface area (Å²) in [7, 11) is 0. The van der Waals surface area contributed by atoms with E-state index in [4.69, 9.17) is 23.6 Å². The van der Waals surface area contributed by atoms with Crippen molar-refractivity contribution in [3.05, 3.63) is 0 Å². The lowest BCUT2D eigenvalue weighted by Gasteiger charge is -1.84. The van der Waals surface area contributed by atoms with Crippen LogP contribution in [0.4, 0.5) is 11.9 Å². The van der Waals surface area contributed by atoms with Gasteiger partial charge in [0.05, 0.1) is 0 Å². The topological polar surface area (TPSA) is 112 Å². The normalized spacial score (nSPS) is 11.3. The number of hydrogen-bond donors (Lipinski definition) is 0. The van der Waals surface area contributed by atoms with Gasteiger partial charge >= 0.3 is 11.9 Å². The molecular formula is C2Cl2N10. The van der Waals surface area contributed by atoms with Crippen LogP contribution in [-0.4, -0.2) is 39.5 Å². The first-order valence-electron chi connectivity index (χ1n) is 3.08. The van der Waals surface area contributed by atoms with Crippen molar-refractivity contribution in [2.75, 3.05) is 0 Å². The minimum atomic E-state index is -0.00802. The fourth-order valence-corrected chi connectivity index (χ4v) is 0.743. The number of azo groups is 1. The molecule has 0 fully saturated rings. The summed E-state index contributed by atoms with van der Waals surface area (Å²) >= 11 is 10.9. The Morgan fingerprint density at radius 1 is 0.857 bits per heavy atom. The van der Waals surface area contributed by atoms with Gasteiger partial charge in [0.1, 0.15) is 0 Å². The largest absolute Gasteiger partial charge is 0.303 e. The van der Waals surface area contributed by atoms with Gasteiger partial charge in [-0.25, -0.2) is 0 Å². The molecule has 0 saturated carbocycles. The van der Waals surface area contributed by atoms with E-state index in [2.05, 4.69) is 41.3 Å². The second-order valence-electron chi connectivity index (χ2n) is 1.88. The van der Waals surface area contributed by atoms with Gasteiger partial charge in [-0.1, -0.05) is 10.2 Å². The fraction of sp³-hybridized carbons (Fsp3) is 0. The van der Waals surface area contributed by atoms with Crippen molar-refractivity contribution < 1.29 is 0 Å². The second-order valence-corrected chi connectivity index (χ2v) is 2.52. The number of nitrogens with zero attached hydrogens (tertiary/aromatic N) is 10. The maximum Gasteiger partial charge on any atom is 0.303 e. The molecule has 0 aromatic carbocycles. The quantitative estimate of drug-likeness (QED) is 0.681. The zero-order valence-corrected chi connectivity index (χ0v) is 7.74. The standard InChI is InChI=1S/C2Cl2N10/c3-13-1(7-9-11-13)5-6-2-8-10-12-14(2)4. The van der Waals surface area contributed by atoms with Crippen LogP contribution in [0.5, 0.6) is 0 Å². The molecule has 2 heterocycles. The minimum Gasteiger partial charge on any atom is -0.112 e. The van der Waals surface area contributed by atoms with Gasteiger partial charge in [0.25, 0.3) is 0 Å². The maximum absolute atomic E-state index is 5.46. The molecule has 0 saturated heterocycles. The van der Waals surface area contributed by atoms with Gasteiger partial charge in [0.15, 0.2) is 0 Å². The first-order valence-corrected chi connectivity index (χ1v) is 3.76. The lowest BCUT2D eigenvalue weighted by atomic mass is 11.1. The second kappa shape index (κ2) is 3.59. The summed E-state index contributed by atoms with van der Waals surface area (Å²) in [6, 6.07) is 0. The molecule has 0 aliphatic rings. The molecule has 0 amide bonds. The maximum atomic E-state index is 5.46. The summed E-state index contributed by atoms with van der Waals surface area (Å²) in [5.41, 5.74) is 0. The number of aromatic nitrogens is 8. The third kappa shape index (κ3) is 1.65. The van der Waals surface area contributed by atoms with Crippen LogP contribution in [0, 0.1) is 0 Å². The zero-order valence-electron chi connectivity index (χ0n) is 6.23. The van der Waals surface area contributed by atoms with E-state index < -0.39 is 0 Å². The Hall–Kier alpha value is -1.68. The Bertz CT molecular complexity index is 412. The molecule has 0 spiro atoms. The number of tetrazole rings is 2. The van der Waals surface area contributed by atoms with Crippen molar-refractivity contribution in [3.63, 3.8) is 0 Å². The molecule has 12 heteroatoms. The number of rotatable bonds is 2. The predicted octanol–water partition coefficient (Wildman–Crippen LogP) is 0.0788. The average molecular weight is 235 g/mol. The van der Waals surface area contributed by atoms with Gasteiger partial charge < -0.3 is 0 Å².